The van der Waals surface area contributed by atoms with Gasteiger partial charge in [-0.05, 0) is 18.4 Å². The van der Waals surface area contributed by atoms with Crippen LogP contribution in [0, 0.1) is 17.2 Å². The third-order valence-electron chi connectivity index (χ3n) is 2.10. The molecule has 0 atom stereocenters. The summed E-state index contributed by atoms with van der Waals surface area (Å²) in [6.45, 7) is 5.64. The Labute approximate surface area is 90.5 Å². The second-order valence-corrected chi connectivity index (χ2v) is 3.95. The number of aromatic nitrogens is 2. The minimum atomic E-state index is 0.488. The average Bonchev–Trinajstić information content (AvgIpc) is 2.56. The standard InChI is InChI=1S/C11H17N3O/c1-9(2)6-11-7-10(8-12)13-14(11)4-5-15-3/h7,9H,4-6H2,1-3H3. The fraction of sp³-hybridized carbons (Fsp3) is 0.636. The summed E-state index contributed by atoms with van der Waals surface area (Å²) in [4.78, 5) is 0. The molecule has 0 radical (unpaired) electrons. The van der Waals surface area contributed by atoms with Crippen LogP contribution in [0.3, 0.4) is 0 Å². The summed E-state index contributed by atoms with van der Waals surface area (Å²) in [5.74, 6) is 0.564. The summed E-state index contributed by atoms with van der Waals surface area (Å²) in [6.07, 6.45) is 0.943. The van der Waals surface area contributed by atoms with Gasteiger partial charge in [-0.15, -0.1) is 0 Å². The minimum absolute atomic E-state index is 0.488. The lowest BCUT2D eigenvalue weighted by molar-refractivity contribution is 0.182. The molecule has 82 valence electrons. The van der Waals surface area contributed by atoms with E-state index in [0.717, 1.165) is 12.1 Å². The average molecular weight is 207 g/mol. The molecule has 0 fully saturated rings. The number of hydrogen-bond donors (Lipinski definition) is 0. The molecule has 0 aromatic carbocycles. The highest BCUT2D eigenvalue weighted by atomic mass is 16.5. The van der Waals surface area contributed by atoms with E-state index in [4.69, 9.17) is 10.00 Å². The van der Waals surface area contributed by atoms with Gasteiger partial charge < -0.3 is 4.74 Å². The maximum absolute atomic E-state index is 8.78. The van der Waals surface area contributed by atoms with Gasteiger partial charge in [-0.2, -0.15) is 10.4 Å². The highest BCUT2D eigenvalue weighted by molar-refractivity contribution is 5.22. The fourth-order valence-electron chi connectivity index (χ4n) is 1.46. The van der Waals surface area contributed by atoms with Crippen molar-refractivity contribution in [3.8, 4) is 6.07 Å². The van der Waals surface area contributed by atoms with Crippen molar-refractivity contribution in [1.29, 1.82) is 5.26 Å². The second-order valence-electron chi connectivity index (χ2n) is 3.95. The number of hydrogen-bond acceptors (Lipinski definition) is 3. The molecule has 0 amide bonds. The molecule has 1 aromatic rings. The largest absolute Gasteiger partial charge is 0.383 e. The molecule has 0 unspecified atom stereocenters. The lowest BCUT2D eigenvalue weighted by Crippen LogP contribution is -2.11. The first-order chi connectivity index (χ1) is 7.17. The van der Waals surface area contributed by atoms with Crippen LogP contribution in [-0.4, -0.2) is 23.5 Å². The van der Waals surface area contributed by atoms with Crippen LogP contribution < -0.4 is 0 Å². The van der Waals surface area contributed by atoms with Gasteiger partial charge in [0.05, 0.1) is 13.2 Å². The predicted molar refractivity (Wildman–Crippen MR) is 57.4 cm³/mol. The first kappa shape index (κ1) is 11.7. The molecule has 4 nitrogen and oxygen atoms in total. The Bertz CT molecular complexity index is 349. The predicted octanol–water partition coefficient (Wildman–Crippen LogP) is 1.60. The van der Waals surface area contributed by atoms with Gasteiger partial charge in [0.25, 0.3) is 0 Å². The summed E-state index contributed by atoms with van der Waals surface area (Å²) in [7, 11) is 1.66. The van der Waals surface area contributed by atoms with E-state index in [-0.39, 0.29) is 0 Å². The molecule has 0 bridgehead atoms. The zero-order valence-electron chi connectivity index (χ0n) is 9.53. The quantitative estimate of drug-likeness (QED) is 0.737. The molecule has 0 saturated heterocycles. The van der Waals surface area contributed by atoms with Gasteiger partial charge in [-0.3, -0.25) is 4.68 Å². The third kappa shape index (κ3) is 3.37. The molecule has 0 saturated carbocycles. The maximum atomic E-state index is 8.78. The summed E-state index contributed by atoms with van der Waals surface area (Å²) in [5, 5.41) is 13.0. The molecule has 15 heavy (non-hydrogen) atoms. The van der Waals surface area contributed by atoms with Gasteiger partial charge >= 0.3 is 0 Å². The SMILES string of the molecule is COCCn1nc(C#N)cc1CC(C)C. The van der Waals surface area contributed by atoms with Gasteiger partial charge in [0, 0.05) is 12.8 Å². The molecule has 0 N–H and O–H groups in total. The van der Waals surface area contributed by atoms with Crippen LogP contribution in [0.5, 0.6) is 0 Å². The lowest BCUT2D eigenvalue weighted by Gasteiger charge is -2.08. The van der Waals surface area contributed by atoms with Crippen molar-refractivity contribution >= 4 is 0 Å². The van der Waals surface area contributed by atoms with E-state index in [1.165, 1.54) is 0 Å². The Morgan fingerprint density at radius 3 is 2.87 bits per heavy atom. The smallest absolute Gasteiger partial charge is 0.162 e. The van der Waals surface area contributed by atoms with Crippen LogP contribution in [0.2, 0.25) is 0 Å². The Morgan fingerprint density at radius 2 is 2.33 bits per heavy atom. The van der Waals surface area contributed by atoms with Crippen LogP contribution >= 0.6 is 0 Å². The van der Waals surface area contributed by atoms with E-state index in [9.17, 15) is 0 Å². The molecule has 4 heteroatoms. The van der Waals surface area contributed by atoms with Gasteiger partial charge in [-0.25, -0.2) is 0 Å². The fourth-order valence-corrected chi connectivity index (χ4v) is 1.46. The van der Waals surface area contributed by atoms with Crippen molar-refractivity contribution < 1.29 is 4.74 Å². The van der Waals surface area contributed by atoms with Gasteiger partial charge in [0.2, 0.25) is 0 Å². The molecule has 1 heterocycles. The van der Waals surface area contributed by atoms with Crippen molar-refractivity contribution in [2.75, 3.05) is 13.7 Å². The van der Waals surface area contributed by atoms with Crippen LogP contribution in [0.15, 0.2) is 6.07 Å². The van der Waals surface area contributed by atoms with E-state index in [2.05, 4.69) is 25.0 Å². The number of nitriles is 1. The van der Waals surface area contributed by atoms with Crippen molar-refractivity contribution in [3.05, 3.63) is 17.5 Å². The molecule has 1 aromatic heterocycles. The van der Waals surface area contributed by atoms with Crippen LogP contribution in [0.1, 0.15) is 25.2 Å². The zero-order chi connectivity index (χ0) is 11.3. The Hall–Kier alpha value is -1.34. The second kappa shape index (κ2) is 5.52. The van der Waals surface area contributed by atoms with Crippen molar-refractivity contribution in [3.63, 3.8) is 0 Å². The monoisotopic (exact) mass is 207 g/mol. The number of ether oxygens (including phenoxy) is 1. The highest BCUT2D eigenvalue weighted by Gasteiger charge is 2.08. The highest BCUT2D eigenvalue weighted by Crippen LogP contribution is 2.10. The third-order valence-corrected chi connectivity index (χ3v) is 2.10. The maximum Gasteiger partial charge on any atom is 0.162 e. The summed E-state index contributed by atoms with van der Waals surface area (Å²) >= 11 is 0. The molecular formula is C11H17N3O. The van der Waals surface area contributed by atoms with E-state index in [0.29, 0.717) is 24.8 Å². The molecule has 1 rings (SSSR count). The minimum Gasteiger partial charge on any atom is -0.383 e. The molecular weight excluding hydrogens is 190 g/mol. The first-order valence-corrected chi connectivity index (χ1v) is 5.13. The van der Waals surface area contributed by atoms with Gasteiger partial charge in [-0.1, -0.05) is 13.8 Å². The normalized spacial score (nSPS) is 10.6. The van der Waals surface area contributed by atoms with Gasteiger partial charge in [0.1, 0.15) is 6.07 Å². The van der Waals surface area contributed by atoms with E-state index >= 15 is 0 Å². The van der Waals surface area contributed by atoms with Crippen molar-refractivity contribution in [1.82, 2.24) is 9.78 Å². The molecule has 0 aliphatic rings. The van der Waals surface area contributed by atoms with Crippen LogP contribution in [0.4, 0.5) is 0 Å². The summed E-state index contributed by atoms with van der Waals surface area (Å²) in [6, 6.07) is 3.92. The van der Waals surface area contributed by atoms with Crippen LogP contribution in [0.25, 0.3) is 0 Å². The van der Waals surface area contributed by atoms with E-state index < -0.39 is 0 Å². The van der Waals surface area contributed by atoms with E-state index in [1.807, 2.05) is 10.7 Å². The lowest BCUT2D eigenvalue weighted by atomic mass is 10.1. The number of nitrogens with zero attached hydrogens (tertiary/aromatic N) is 3. The molecule has 0 spiro atoms. The van der Waals surface area contributed by atoms with Crippen LogP contribution in [-0.2, 0) is 17.7 Å². The molecule has 0 aliphatic carbocycles. The van der Waals surface area contributed by atoms with Gasteiger partial charge in [0.15, 0.2) is 5.69 Å². The Morgan fingerprint density at radius 1 is 1.60 bits per heavy atom. The number of rotatable bonds is 5. The Balaban J connectivity index is 2.81. The van der Waals surface area contributed by atoms with Crippen molar-refractivity contribution in [2.45, 2.75) is 26.8 Å². The zero-order valence-corrected chi connectivity index (χ0v) is 9.53. The van der Waals surface area contributed by atoms with Crippen molar-refractivity contribution in [2.24, 2.45) is 5.92 Å². The molecule has 0 aliphatic heterocycles. The summed E-state index contributed by atoms with van der Waals surface area (Å²) < 4.78 is 6.87. The Kier molecular flexibility index (Phi) is 4.32. The number of methoxy groups -OCH3 is 1. The summed E-state index contributed by atoms with van der Waals surface area (Å²) in [5.41, 5.74) is 1.60. The topological polar surface area (TPSA) is 50.8 Å². The van der Waals surface area contributed by atoms with E-state index in [1.54, 1.807) is 7.11 Å². The first-order valence-electron chi connectivity index (χ1n) is 5.13.